The molecule has 1 aliphatic rings. The van der Waals surface area contributed by atoms with E-state index in [9.17, 15) is 9.90 Å². The smallest absolute Gasteiger partial charge is 0.244 e. The molecule has 5 heteroatoms. The summed E-state index contributed by atoms with van der Waals surface area (Å²) < 4.78 is 1.06. The second kappa shape index (κ2) is 7.22. The summed E-state index contributed by atoms with van der Waals surface area (Å²) in [5.74, 6) is 0.136. The molecule has 1 saturated carbocycles. The minimum Gasteiger partial charge on any atom is -0.396 e. The highest BCUT2D eigenvalue weighted by atomic mass is 79.9. The van der Waals surface area contributed by atoms with Gasteiger partial charge in [-0.25, -0.2) is 0 Å². The van der Waals surface area contributed by atoms with Crippen LogP contribution in [0.1, 0.15) is 30.6 Å². The monoisotopic (exact) mass is 343 g/mol. The Morgan fingerprint density at radius 1 is 1.47 bits per heavy atom. The number of rotatable bonds is 4. The molecule has 1 aromatic rings. The molecule has 104 valence electrons. The molecule has 1 amide bonds. The van der Waals surface area contributed by atoms with E-state index in [0.717, 1.165) is 34.3 Å². The number of carbonyl (C=O) groups excluding carboxylic acids is 1. The second-order valence-electron chi connectivity index (χ2n) is 4.82. The highest BCUT2D eigenvalue weighted by Gasteiger charge is 2.25. The van der Waals surface area contributed by atoms with E-state index in [2.05, 4.69) is 21.2 Å². The van der Waals surface area contributed by atoms with Crippen LogP contribution in [-0.2, 0) is 4.79 Å². The van der Waals surface area contributed by atoms with Crippen LogP contribution in [0.25, 0.3) is 6.08 Å². The van der Waals surface area contributed by atoms with E-state index < -0.39 is 0 Å². The summed E-state index contributed by atoms with van der Waals surface area (Å²) in [6, 6.07) is 4.05. The number of halogens is 1. The molecule has 0 radical (unpaired) electrons. The zero-order chi connectivity index (χ0) is 13.7. The quantitative estimate of drug-likeness (QED) is 0.824. The van der Waals surface area contributed by atoms with E-state index in [-0.39, 0.29) is 24.5 Å². The molecule has 2 rings (SSSR count). The Morgan fingerprint density at radius 3 is 2.95 bits per heavy atom. The van der Waals surface area contributed by atoms with Crippen LogP contribution in [0.2, 0.25) is 0 Å². The Labute approximate surface area is 125 Å². The number of aliphatic hydroxyl groups excluding tert-OH is 1. The average molecular weight is 344 g/mol. The molecule has 0 spiro atoms. The van der Waals surface area contributed by atoms with Gasteiger partial charge in [-0.1, -0.05) is 12.8 Å². The first-order chi connectivity index (χ1) is 9.19. The highest BCUT2D eigenvalue weighted by molar-refractivity contribution is 9.11. The number of thiophene rings is 1. The Kier molecular flexibility index (Phi) is 5.60. The molecule has 2 N–H and O–H groups in total. The van der Waals surface area contributed by atoms with Crippen molar-refractivity contribution < 1.29 is 9.90 Å². The molecular formula is C14H18BrNO2S. The van der Waals surface area contributed by atoms with Crippen LogP contribution < -0.4 is 5.32 Å². The van der Waals surface area contributed by atoms with Crippen LogP contribution in [0.15, 0.2) is 22.0 Å². The molecule has 0 saturated heterocycles. The maximum absolute atomic E-state index is 11.9. The first-order valence-electron chi connectivity index (χ1n) is 6.54. The van der Waals surface area contributed by atoms with E-state index in [1.807, 2.05) is 18.2 Å². The molecule has 0 aliphatic heterocycles. The Hall–Kier alpha value is -0.650. The van der Waals surface area contributed by atoms with Crippen molar-refractivity contribution in [3.8, 4) is 0 Å². The molecule has 1 heterocycles. The fourth-order valence-corrected chi connectivity index (χ4v) is 3.75. The Balaban J connectivity index is 1.88. The lowest BCUT2D eigenvalue weighted by atomic mass is 9.85. The first-order valence-corrected chi connectivity index (χ1v) is 8.15. The topological polar surface area (TPSA) is 49.3 Å². The zero-order valence-electron chi connectivity index (χ0n) is 10.6. The minimum absolute atomic E-state index is 0.0742. The van der Waals surface area contributed by atoms with Crippen LogP contribution >= 0.6 is 27.3 Å². The van der Waals surface area contributed by atoms with Crippen molar-refractivity contribution in [2.24, 2.45) is 5.92 Å². The van der Waals surface area contributed by atoms with Gasteiger partial charge in [0, 0.05) is 29.5 Å². The predicted molar refractivity (Wildman–Crippen MR) is 82.0 cm³/mol. The minimum atomic E-state index is -0.0742. The number of aliphatic hydroxyl groups is 1. The number of hydrogen-bond donors (Lipinski definition) is 2. The van der Waals surface area contributed by atoms with Crippen molar-refractivity contribution in [1.29, 1.82) is 0 Å². The third-order valence-electron chi connectivity index (χ3n) is 3.46. The lowest BCUT2D eigenvalue weighted by Gasteiger charge is -2.30. The van der Waals surface area contributed by atoms with Crippen molar-refractivity contribution in [3.05, 3.63) is 26.9 Å². The normalized spacial score (nSPS) is 23.7. The summed E-state index contributed by atoms with van der Waals surface area (Å²) in [7, 11) is 0. The van der Waals surface area contributed by atoms with Crippen LogP contribution in [0.5, 0.6) is 0 Å². The van der Waals surface area contributed by atoms with Crippen molar-refractivity contribution in [3.63, 3.8) is 0 Å². The maximum atomic E-state index is 11.9. The van der Waals surface area contributed by atoms with E-state index in [0.29, 0.717) is 0 Å². The van der Waals surface area contributed by atoms with Crippen LogP contribution in [0.4, 0.5) is 0 Å². The van der Waals surface area contributed by atoms with E-state index in [4.69, 9.17) is 0 Å². The van der Waals surface area contributed by atoms with Gasteiger partial charge in [0.25, 0.3) is 0 Å². The van der Waals surface area contributed by atoms with Crippen LogP contribution in [0, 0.1) is 5.92 Å². The Morgan fingerprint density at radius 2 is 2.26 bits per heavy atom. The second-order valence-corrected chi connectivity index (χ2v) is 7.31. The van der Waals surface area contributed by atoms with Gasteiger partial charge < -0.3 is 10.4 Å². The SMILES string of the molecule is O=C(/C=C/c1ccc(Br)s1)NC1CCCCC1CO. The summed E-state index contributed by atoms with van der Waals surface area (Å²) in [6.45, 7) is 0.159. The fourth-order valence-electron chi connectivity index (χ4n) is 2.42. The summed E-state index contributed by atoms with van der Waals surface area (Å²) >= 11 is 4.98. The molecule has 1 fully saturated rings. The van der Waals surface area contributed by atoms with Crippen molar-refractivity contribution in [2.45, 2.75) is 31.7 Å². The maximum Gasteiger partial charge on any atom is 0.244 e. The van der Waals surface area contributed by atoms with Gasteiger partial charge in [0.1, 0.15) is 0 Å². The lowest BCUT2D eigenvalue weighted by molar-refractivity contribution is -0.117. The molecule has 2 atom stereocenters. The van der Waals surface area contributed by atoms with Gasteiger partial charge in [-0.15, -0.1) is 11.3 Å². The van der Waals surface area contributed by atoms with Gasteiger partial charge >= 0.3 is 0 Å². The third-order valence-corrected chi connectivity index (χ3v) is 5.05. The predicted octanol–water partition coefficient (Wildman–Crippen LogP) is 3.19. The van der Waals surface area contributed by atoms with Crippen molar-refractivity contribution in [2.75, 3.05) is 6.61 Å². The van der Waals surface area contributed by atoms with Gasteiger partial charge in [-0.3, -0.25) is 4.79 Å². The van der Waals surface area contributed by atoms with Crippen molar-refractivity contribution >= 4 is 39.2 Å². The summed E-state index contributed by atoms with van der Waals surface area (Å²) in [4.78, 5) is 12.9. The van der Waals surface area contributed by atoms with Gasteiger partial charge in [-0.05, 0) is 47.0 Å². The summed E-state index contributed by atoms with van der Waals surface area (Å²) in [5, 5.41) is 12.3. The average Bonchev–Trinajstić information content (AvgIpc) is 2.83. The van der Waals surface area contributed by atoms with E-state index >= 15 is 0 Å². The fraction of sp³-hybridized carbons (Fsp3) is 0.500. The first kappa shape index (κ1) is 14.8. The molecule has 19 heavy (non-hydrogen) atoms. The number of hydrogen-bond acceptors (Lipinski definition) is 3. The molecular weight excluding hydrogens is 326 g/mol. The molecule has 0 aromatic carbocycles. The van der Waals surface area contributed by atoms with E-state index in [1.165, 1.54) is 0 Å². The summed E-state index contributed by atoms with van der Waals surface area (Å²) in [6.07, 6.45) is 7.64. The lowest BCUT2D eigenvalue weighted by Crippen LogP contribution is -2.42. The van der Waals surface area contributed by atoms with Gasteiger partial charge in [0.15, 0.2) is 0 Å². The van der Waals surface area contributed by atoms with Crippen molar-refractivity contribution in [1.82, 2.24) is 5.32 Å². The standard InChI is InChI=1S/C14H18BrNO2S/c15-13-7-5-11(19-13)6-8-14(18)16-12-4-2-1-3-10(12)9-17/h5-8,10,12,17H,1-4,9H2,(H,16,18)/b8-6+. The Bertz CT molecular complexity index is 458. The van der Waals surface area contributed by atoms with Crippen LogP contribution in [0.3, 0.4) is 0 Å². The zero-order valence-corrected chi connectivity index (χ0v) is 13.0. The highest BCUT2D eigenvalue weighted by Crippen LogP contribution is 2.24. The molecule has 1 aliphatic carbocycles. The van der Waals surface area contributed by atoms with Crippen LogP contribution in [-0.4, -0.2) is 23.7 Å². The number of carbonyl (C=O) groups is 1. The van der Waals surface area contributed by atoms with Gasteiger partial charge in [-0.2, -0.15) is 0 Å². The molecule has 1 aromatic heterocycles. The summed E-state index contributed by atoms with van der Waals surface area (Å²) in [5.41, 5.74) is 0. The number of nitrogens with one attached hydrogen (secondary N) is 1. The van der Waals surface area contributed by atoms with Gasteiger partial charge in [0.05, 0.1) is 3.79 Å². The molecule has 2 unspecified atom stereocenters. The van der Waals surface area contributed by atoms with Gasteiger partial charge in [0.2, 0.25) is 5.91 Å². The molecule has 3 nitrogen and oxygen atoms in total. The third kappa shape index (κ3) is 4.44. The molecule has 0 bridgehead atoms. The van der Waals surface area contributed by atoms with E-state index in [1.54, 1.807) is 17.4 Å². The number of amides is 1. The largest absolute Gasteiger partial charge is 0.396 e.